The van der Waals surface area contributed by atoms with Crippen LogP contribution in [-0.2, 0) is 0 Å². The first-order valence-electron chi connectivity index (χ1n) is 5.46. The molecular weight excluding hydrogens is 208 g/mol. The second-order valence-corrected chi connectivity index (χ2v) is 4.97. The number of amides is 4. The molecule has 6 nitrogen and oxygen atoms in total. The molecule has 0 aromatic carbocycles. The summed E-state index contributed by atoms with van der Waals surface area (Å²) in [5, 5.41) is 0. The van der Waals surface area contributed by atoms with E-state index in [2.05, 4.69) is 0 Å². The van der Waals surface area contributed by atoms with Gasteiger partial charge in [-0.2, -0.15) is 0 Å². The van der Waals surface area contributed by atoms with Gasteiger partial charge in [0.25, 0.3) is 0 Å². The topological polar surface area (TPSA) is 47.1 Å². The fourth-order valence-electron chi connectivity index (χ4n) is 3.50. The first-order chi connectivity index (χ1) is 7.46. The average Bonchev–Trinajstić information content (AvgIpc) is 2.49. The van der Waals surface area contributed by atoms with Crippen LogP contribution in [0.5, 0.6) is 0 Å². The lowest BCUT2D eigenvalue weighted by Gasteiger charge is -2.49. The van der Waals surface area contributed by atoms with Crippen LogP contribution in [0.1, 0.15) is 0 Å². The van der Waals surface area contributed by atoms with Gasteiger partial charge in [0.1, 0.15) is 0 Å². The molecule has 2 saturated heterocycles. The van der Waals surface area contributed by atoms with Crippen LogP contribution in [0.4, 0.5) is 9.59 Å². The molecule has 88 valence electrons. The van der Waals surface area contributed by atoms with Crippen molar-refractivity contribution < 1.29 is 9.59 Å². The lowest BCUT2D eigenvalue weighted by molar-refractivity contribution is 0.0362. The Hall–Kier alpha value is -1.46. The molecule has 1 saturated carbocycles. The minimum atomic E-state index is 0.0543. The van der Waals surface area contributed by atoms with Crippen LogP contribution in [0.25, 0.3) is 0 Å². The van der Waals surface area contributed by atoms with Crippen molar-refractivity contribution in [2.75, 3.05) is 28.2 Å². The van der Waals surface area contributed by atoms with Crippen molar-refractivity contribution >= 4 is 12.1 Å². The highest BCUT2D eigenvalue weighted by molar-refractivity contribution is 5.83. The molecule has 0 unspecified atom stereocenters. The zero-order valence-electron chi connectivity index (χ0n) is 9.91. The number of rotatable bonds is 0. The number of hydrogen-bond acceptors (Lipinski definition) is 2. The van der Waals surface area contributed by atoms with E-state index in [0.717, 1.165) is 0 Å². The molecule has 0 bridgehead atoms. The van der Waals surface area contributed by atoms with Gasteiger partial charge in [0.15, 0.2) is 0 Å². The molecule has 0 aromatic heterocycles. The summed E-state index contributed by atoms with van der Waals surface area (Å²) in [6.07, 6.45) is 0. The van der Waals surface area contributed by atoms with E-state index < -0.39 is 0 Å². The summed E-state index contributed by atoms with van der Waals surface area (Å²) in [5.41, 5.74) is 0. The molecule has 2 heterocycles. The van der Waals surface area contributed by atoms with E-state index in [1.165, 1.54) is 0 Å². The predicted molar refractivity (Wildman–Crippen MR) is 57.0 cm³/mol. The van der Waals surface area contributed by atoms with Gasteiger partial charge in [0, 0.05) is 28.2 Å². The largest absolute Gasteiger partial charge is 0.320 e. The minimum Gasteiger partial charge on any atom is -0.320 e. The second kappa shape index (κ2) is 2.61. The van der Waals surface area contributed by atoms with Crippen LogP contribution >= 0.6 is 0 Å². The Morgan fingerprint density at radius 2 is 0.812 bits per heavy atom. The zero-order chi connectivity index (χ0) is 11.8. The van der Waals surface area contributed by atoms with Crippen LogP contribution < -0.4 is 0 Å². The van der Waals surface area contributed by atoms with E-state index >= 15 is 0 Å². The van der Waals surface area contributed by atoms with Gasteiger partial charge in [-0.15, -0.1) is 0 Å². The maximum atomic E-state index is 11.8. The Morgan fingerprint density at radius 3 is 1.00 bits per heavy atom. The molecule has 3 fully saturated rings. The van der Waals surface area contributed by atoms with Gasteiger partial charge >= 0.3 is 12.1 Å². The van der Waals surface area contributed by atoms with Crippen molar-refractivity contribution in [1.29, 1.82) is 0 Å². The minimum absolute atomic E-state index is 0.0543. The van der Waals surface area contributed by atoms with Gasteiger partial charge < -0.3 is 19.6 Å². The van der Waals surface area contributed by atoms with Crippen LogP contribution in [0, 0.1) is 0 Å². The van der Waals surface area contributed by atoms with E-state index in [1.807, 2.05) is 28.2 Å². The summed E-state index contributed by atoms with van der Waals surface area (Å²) in [7, 11) is 7.26. The molecule has 0 radical (unpaired) electrons. The molecule has 3 aliphatic rings. The molecular formula is C10H16N4O2. The number of carbonyl (C=O) groups is 2. The molecule has 0 aromatic rings. The Balaban J connectivity index is 1.97. The SMILES string of the molecule is CN1C(=O)N(C)C2C1C1C2N(C)C(=O)N1C. The van der Waals surface area contributed by atoms with E-state index in [4.69, 9.17) is 0 Å². The summed E-state index contributed by atoms with van der Waals surface area (Å²) in [4.78, 5) is 30.7. The first-order valence-corrected chi connectivity index (χ1v) is 5.46. The number of urea groups is 2. The van der Waals surface area contributed by atoms with Crippen molar-refractivity contribution in [3.05, 3.63) is 0 Å². The summed E-state index contributed by atoms with van der Waals surface area (Å²) in [6.45, 7) is 0. The van der Waals surface area contributed by atoms with Crippen LogP contribution in [0.2, 0.25) is 0 Å². The Labute approximate surface area is 94.4 Å². The van der Waals surface area contributed by atoms with Gasteiger partial charge in [0.2, 0.25) is 0 Å². The Morgan fingerprint density at radius 1 is 0.625 bits per heavy atom. The first kappa shape index (κ1) is 9.74. The van der Waals surface area contributed by atoms with Gasteiger partial charge in [-0.1, -0.05) is 0 Å². The van der Waals surface area contributed by atoms with E-state index in [0.29, 0.717) is 0 Å². The molecule has 1 aliphatic carbocycles. The number of carbonyl (C=O) groups excluding carboxylic acids is 2. The zero-order valence-corrected chi connectivity index (χ0v) is 9.91. The quantitative estimate of drug-likeness (QED) is 0.555. The fourth-order valence-corrected chi connectivity index (χ4v) is 3.50. The molecule has 0 spiro atoms. The fraction of sp³-hybridized carbons (Fsp3) is 0.800. The summed E-state index contributed by atoms with van der Waals surface area (Å²) in [6, 6.07) is 0.725. The van der Waals surface area contributed by atoms with Crippen molar-refractivity contribution in [3.63, 3.8) is 0 Å². The monoisotopic (exact) mass is 224 g/mol. The molecule has 6 heteroatoms. The molecule has 2 aliphatic heterocycles. The van der Waals surface area contributed by atoms with Gasteiger partial charge in [0.05, 0.1) is 24.2 Å². The lowest BCUT2D eigenvalue weighted by atomic mass is 9.75. The van der Waals surface area contributed by atoms with E-state index in [9.17, 15) is 9.59 Å². The molecule has 4 amide bonds. The van der Waals surface area contributed by atoms with Crippen molar-refractivity contribution in [1.82, 2.24) is 19.6 Å². The Bertz CT molecular complexity index is 309. The number of hydrogen-bond donors (Lipinski definition) is 0. The van der Waals surface area contributed by atoms with Crippen molar-refractivity contribution in [3.8, 4) is 0 Å². The summed E-state index contributed by atoms with van der Waals surface area (Å²) in [5.74, 6) is 0. The van der Waals surface area contributed by atoms with Crippen LogP contribution in [0.3, 0.4) is 0 Å². The predicted octanol–water partition coefficient (Wildman–Crippen LogP) is -0.531. The number of nitrogens with zero attached hydrogens (tertiary/aromatic N) is 4. The Kier molecular flexibility index (Phi) is 1.59. The highest BCUT2D eigenvalue weighted by atomic mass is 16.2. The smallest absolute Gasteiger partial charge is 0.320 e. The van der Waals surface area contributed by atoms with Crippen LogP contribution in [-0.4, -0.2) is 84.0 Å². The van der Waals surface area contributed by atoms with Crippen molar-refractivity contribution in [2.24, 2.45) is 0 Å². The van der Waals surface area contributed by atoms with E-state index in [-0.39, 0.29) is 36.2 Å². The van der Waals surface area contributed by atoms with Gasteiger partial charge in [-0.05, 0) is 0 Å². The summed E-state index contributed by atoms with van der Waals surface area (Å²) < 4.78 is 0. The third kappa shape index (κ3) is 0.771. The standard InChI is InChI=1S/C10H16N4O2/c1-11-5-6(12(2)9(11)15)8-7(5)13(3)10(16)14(8)4/h5-8H,1-4H3. The highest BCUT2D eigenvalue weighted by Gasteiger charge is 2.68. The molecule has 0 atom stereocenters. The molecule has 3 rings (SSSR count). The number of fused-ring (bicyclic) bond motifs is 4. The maximum Gasteiger partial charge on any atom is 0.320 e. The number of likely N-dealkylation sites (N-methyl/N-ethyl adjacent to an activating group) is 4. The average molecular weight is 224 g/mol. The highest BCUT2D eigenvalue weighted by Crippen LogP contribution is 2.44. The molecule has 16 heavy (non-hydrogen) atoms. The lowest BCUT2D eigenvalue weighted by Crippen LogP contribution is -2.71. The van der Waals surface area contributed by atoms with Crippen LogP contribution in [0.15, 0.2) is 0 Å². The third-order valence-corrected chi connectivity index (χ3v) is 4.40. The second-order valence-electron chi connectivity index (χ2n) is 4.97. The van der Waals surface area contributed by atoms with E-state index in [1.54, 1.807) is 19.6 Å². The molecule has 0 N–H and O–H groups in total. The van der Waals surface area contributed by atoms with Gasteiger partial charge in [-0.3, -0.25) is 0 Å². The maximum absolute atomic E-state index is 11.8. The normalized spacial score (nSPS) is 41.5. The summed E-state index contributed by atoms with van der Waals surface area (Å²) >= 11 is 0. The third-order valence-electron chi connectivity index (χ3n) is 4.40. The van der Waals surface area contributed by atoms with Gasteiger partial charge in [-0.25, -0.2) is 9.59 Å². The van der Waals surface area contributed by atoms with Crippen molar-refractivity contribution in [2.45, 2.75) is 24.2 Å².